The summed E-state index contributed by atoms with van der Waals surface area (Å²) in [6.07, 6.45) is 5.54. The number of ether oxygens (including phenoxy) is 1. The number of hydrogen-bond acceptors (Lipinski definition) is 5. The SMILES string of the molecule is O=C(OC1CN2CCC1CC2)C(CO)(Cn1cccn1)c1ccccc1. The van der Waals surface area contributed by atoms with Crippen LogP contribution in [0.25, 0.3) is 0 Å². The number of benzene rings is 1. The van der Waals surface area contributed by atoms with Crippen molar-refractivity contribution in [1.29, 1.82) is 0 Å². The van der Waals surface area contributed by atoms with Gasteiger partial charge in [-0.2, -0.15) is 5.10 Å². The van der Waals surface area contributed by atoms with Gasteiger partial charge in [-0.3, -0.25) is 14.4 Å². The molecule has 26 heavy (non-hydrogen) atoms. The molecule has 1 aromatic carbocycles. The van der Waals surface area contributed by atoms with Crippen LogP contribution in [-0.2, 0) is 21.5 Å². The Bertz CT molecular complexity index is 726. The molecule has 0 aliphatic carbocycles. The van der Waals surface area contributed by atoms with E-state index in [-0.39, 0.29) is 25.2 Å². The van der Waals surface area contributed by atoms with Gasteiger partial charge in [-0.15, -0.1) is 0 Å². The topological polar surface area (TPSA) is 67.6 Å². The average molecular weight is 355 g/mol. The fraction of sp³-hybridized carbons (Fsp3) is 0.500. The van der Waals surface area contributed by atoms with Gasteiger partial charge in [0, 0.05) is 18.9 Å². The number of aromatic nitrogens is 2. The first-order valence-electron chi connectivity index (χ1n) is 9.28. The van der Waals surface area contributed by atoms with Crippen LogP contribution in [0.4, 0.5) is 0 Å². The zero-order chi connectivity index (χ0) is 18.0. The van der Waals surface area contributed by atoms with Crippen LogP contribution in [0.3, 0.4) is 0 Å². The maximum atomic E-state index is 13.3. The molecule has 1 aromatic heterocycles. The molecule has 6 nitrogen and oxygen atoms in total. The molecule has 6 heteroatoms. The van der Waals surface area contributed by atoms with Crippen molar-refractivity contribution < 1.29 is 14.6 Å². The highest BCUT2D eigenvalue weighted by molar-refractivity contribution is 5.83. The third kappa shape index (κ3) is 3.15. The first-order valence-corrected chi connectivity index (χ1v) is 9.28. The van der Waals surface area contributed by atoms with E-state index in [0.29, 0.717) is 5.92 Å². The number of rotatable bonds is 6. The molecule has 0 amide bonds. The maximum absolute atomic E-state index is 13.3. The Labute approximate surface area is 153 Å². The van der Waals surface area contributed by atoms with Crippen LogP contribution in [0.2, 0.25) is 0 Å². The number of carbonyl (C=O) groups excluding carboxylic acids is 1. The zero-order valence-corrected chi connectivity index (χ0v) is 14.8. The average Bonchev–Trinajstić information content (AvgIpc) is 3.21. The third-order valence-electron chi connectivity index (χ3n) is 5.83. The van der Waals surface area contributed by atoms with E-state index in [1.165, 1.54) is 0 Å². The molecule has 5 rings (SSSR count). The van der Waals surface area contributed by atoms with E-state index in [4.69, 9.17) is 4.74 Å². The summed E-state index contributed by atoms with van der Waals surface area (Å²) in [4.78, 5) is 15.7. The van der Waals surface area contributed by atoms with Crippen LogP contribution >= 0.6 is 0 Å². The van der Waals surface area contributed by atoms with Gasteiger partial charge >= 0.3 is 5.97 Å². The summed E-state index contributed by atoms with van der Waals surface area (Å²) in [5.74, 6) is 0.0706. The highest BCUT2D eigenvalue weighted by Crippen LogP contribution is 2.33. The molecular formula is C20H25N3O3. The summed E-state index contributed by atoms with van der Waals surface area (Å²) < 4.78 is 7.68. The lowest BCUT2D eigenvalue weighted by Crippen LogP contribution is -2.54. The van der Waals surface area contributed by atoms with Gasteiger partial charge in [0.25, 0.3) is 0 Å². The molecule has 1 N–H and O–H groups in total. The fourth-order valence-electron chi connectivity index (χ4n) is 4.20. The van der Waals surface area contributed by atoms with Crippen LogP contribution in [0, 0.1) is 5.92 Å². The van der Waals surface area contributed by atoms with Gasteiger partial charge in [0.05, 0.1) is 13.2 Å². The molecule has 138 valence electrons. The van der Waals surface area contributed by atoms with Crippen molar-refractivity contribution in [3.8, 4) is 0 Å². The third-order valence-corrected chi connectivity index (χ3v) is 5.83. The summed E-state index contributed by atoms with van der Waals surface area (Å²) in [6.45, 7) is 2.91. The van der Waals surface area contributed by atoms with Gasteiger partial charge in [0.2, 0.25) is 0 Å². The lowest BCUT2D eigenvalue weighted by Gasteiger charge is -2.45. The van der Waals surface area contributed by atoms with Crippen molar-refractivity contribution in [2.45, 2.75) is 30.9 Å². The van der Waals surface area contributed by atoms with Crippen LogP contribution in [-0.4, -0.2) is 58.1 Å². The number of esters is 1. The predicted molar refractivity (Wildman–Crippen MR) is 96.5 cm³/mol. The number of aliphatic hydroxyl groups excluding tert-OH is 1. The molecule has 2 bridgehead atoms. The Morgan fingerprint density at radius 1 is 1.23 bits per heavy atom. The minimum Gasteiger partial charge on any atom is -0.460 e. The largest absolute Gasteiger partial charge is 0.460 e. The van der Waals surface area contributed by atoms with Crippen LogP contribution in [0.15, 0.2) is 48.8 Å². The van der Waals surface area contributed by atoms with Crippen molar-refractivity contribution in [2.24, 2.45) is 5.92 Å². The molecule has 3 aliphatic rings. The van der Waals surface area contributed by atoms with Crippen LogP contribution in [0.1, 0.15) is 18.4 Å². The normalized spacial score (nSPS) is 27.0. The summed E-state index contributed by atoms with van der Waals surface area (Å²) in [5.41, 5.74) is -0.400. The smallest absolute Gasteiger partial charge is 0.321 e. The minimum atomic E-state index is -1.15. The molecule has 4 heterocycles. The van der Waals surface area contributed by atoms with Crippen molar-refractivity contribution in [1.82, 2.24) is 14.7 Å². The molecular weight excluding hydrogens is 330 g/mol. The molecule has 3 aliphatic heterocycles. The molecule has 0 saturated carbocycles. The quantitative estimate of drug-likeness (QED) is 0.795. The maximum Gasteiger partial charge on any atom is 0.321 e. The number of piperidine rings is 3. The van der Waals surface area contributed by atoms with Crippen molar-refractivity contribution in [2.75, 3.05) is 26.2 Å². The second-order valence-electron chi connectivity index (χ2n) is 7.39. The number of fused-ring (bicyclic) bond motifs is 3. The number of hydrogen-bond donors (Lipinski definition) is 1. The van der Waals surface area contributed by atoms with Gasteiger partial charge in [0.15, 0.2) is 0 Å². The second kappa shape index (κ2) is 7.21. The van der Waals surface area contributed by atoms with E-state index in [0.717, 1.165) is 38.0 Å². The van der Waals surface area contributed by atoms with Crippen LogP contribution < -0.4 is 0 Å². The van der Waals surface area contributed by atoms with Gasteiger partial charge in [0.1, 0.15) is 11.5 Å². The standard InChI is InChI=1S/C20H25N3O3/c24-15-20(14-23-10-4-9-21-23,17-5-2-1-3-6-17)19(25)26-18-13-22-11-7-16(18)8-12-22/h1-6,9-10,16,18,24H,7-8,11-15H2. The Morgan fingerprint density at radius 3 is 2.58 bits per heavy atom. The summed E-state index contributed by atoms with van der Waals surface area (Å²) in [6, 6.07) is 11.2. The Morgan fingerprint density at radius 2 is 2.00 bits per heavy atom. The Balaban J connectivity index is 1.62. The van der Waals surface area contributed by atoms with Crippen molar-refractivity contribution in [3.05, 3.63) is 54.4 Å². The van der Waals surface area contributed by atoms with E-state index < -0.39 is 5.41 Å². The Kier molecular flexibility index (Phi) is 4.78. The summed E-state index contributed by atoms with van der Waals surface area (Å²) >= 11 is 0. The van der Waals surface area contributed by atoms with Crippen molar-refractivity contribution >= 4 is 5.97 Å². The van der Waals surface area contributed by atoms with Crippen molar-refractivity contribution in [3.63, 3.8) is 0 Å². The molecule has 0 radical (unpaired) electrons. The molecule has 3 saturated heterocycles. The molecule has 0 spiro atoms. The van der Waals surface area contributed by atoms with Gasteiger partial charge in [-0.05, 0) is 43.5 Å². The number of carbonyl (C=O) groups is 1. The highest BCUT2D eigenvalue weighted by Gasteiger charge is 2.45. The van der Waals surface area contributed by atoms with Gasteiger partial charge in [-0.1, -0.05) is 30.3 Å². The van der Waals surface area contributed by atoms with Gasteiger partial charge in [-0.25, -0.2) is 0 Å². The monoisotopic (exact) mass is 355 g/mol. The number of nitrogens with zero attached hydrogens (tertiary/aromatic N) is 3. The van der Waals surface area contributed by atoms with Gasteiger partial charge < -0.3 is 9.84 Å². The molecule has 2 unspecified atom stereocenters. The fourth-order valence-corrected chi connectivity index (χ4v) is 4.20. The molecule has 3 fully saturated rings. The second-order valence-corrected chi connectivity index (χ2v) is 7.39. The first kappa shape index (κ1) is 17.2. The van der Waals surface area contributed by atoms with E-state index in [1.54, 1.807) is 17.1 Å². The minimum absolute atomic E-state index is 0.0859. The van der Waals surface area contributed by atoms with E-state index in [1.807, 2.05) is 36.4 Å². The van der Waals surface area contributed by atoms with E-state index >= 15 is 0 Å². The Hall–Kier alpha value is -2.18. The lowest BCUT2D eigenvalue weighted by molar-refractivity contribution is -0.168. The number of aliphatic hydroxyl groups is 1. The zero-order valence-electron chi connectivity index (χ0n) is 14.8. The summed E-state index contributed by atoms with van der Waals surface area (Å²) in [7, 11) is 0. The lowest BCUT2D eigenvalue weighted by atomic mass is 9.80. The van der Waals surface area contributed by atoms with E-state index in [9.17, 15) is 9.90 Å². The highest BCUT2D eigenvalue weighted by atomic mass is 16.5. The van der Waals surface area contributed by atoms with Crippen LogP contribution in [0.5, 0.6) is 0 Å². The molecule has 2 aromatic rings. The molecule has 2 atom stereocenters. The van der Waals surface area contributed by atoms with E-state index in [2.05, 4.69) is 10.00 Å². The first-order chi connectivity index (χ1) is 12.7. The predicted octanol–water partition coefficient (Wildman–Crippen LogP) is 1.45. The summed E-state index contributed by atoms with van der Waals surface area (Å²) in [5, 5.41) is 14.5.